The lowest BCUT2D eigenvalue weighted by Gasteiger charge is -1.99. The van der Waals surface area contributed by atoms with Crippen molar-refractivity contribution in [2.45, 2.75) is 45.8 Å². The van der Waals surface area contributed by atoms with Crippen LogP contribution in [0.25, 0.3) is 0 Å². The number of ether oxygens (including phenoxy) is 1. The topological polar surface area (TPSA) is 74.2 Å². The second kappa shape index (κ2) is 6.53. The summed E-state index contributed by atoms with van der Waals surface area (Å²) in [5.74, 6) is 1.26. The molecule has 0 saturated carbocycles. The Bertz CT molecular complexity index is 273. The van der Waals surface area contributed by atoms with E-state index in [4.69, 9.17) is 15.0 Å². The molecule has 15 heavy (non-hydrogen) atoms. The number of aryl methyl sites for hydroxylation is 1. The zero-order valence-corrected chi connectivity index (χ0v) is 9.40. The summed E-state index contributed by atoms with van der Waals surface area (Å²) in [5, 5.41) is 3.81. The average Bonchev–Trinajstić information content (AvgIpc) is 2.63. The van der Waals surface area contributed by atoms with Crippen LogP contribution in [0.3, 0.4) is 0 Å². The van der Waals surface area contributed by atoms with Gasteiger partial charge in [-0.05, 0) is 19.8 Å². The van der Waals surface area contributed by atoms with E-state index in [1.165, 1.54) is 0 Å². The quantitative estimate of drug-likeness (QED) is 0.690. The first-order valence-corrected chi connectivity index (χ1v) is 5.37. The molecule has 0 bridgehead atoms. The monoisotopic (exact) mass is 213 g/mol. The van der Waals surface area contributed by atoms with E-state index in [0.717, 1.165) is 25.9 Å². The molecule has 1 atom stereocenters. The van der Waals surface area contributed by atoms with Gasteiger partial charge in [0.15, 0.2) is 5.82 Å². The maximum atomic E-state index is 5.63. The minimum Gasteiger partial charge on any atom is -0.373 e. The Labute approximate surface area is 90.0 Å². The predicted octanol–water partition coefficient (Wildman–Crippen LogP) is 1.28. The molecule has 1 heterocycles. The summed E-state index contributed by atoms with van der Waals surface area (Å²) >= 11 is 0. The van der Waals surface area contributed by atoms with Gasteiger partial charge in [-0.2, -0.15) is 4.98 Å². The molecule has 1 unspecified atom stereocenters. The molecule has 0 aliphatic rings. The van der Waals surface area contributed by atoms with Gasteiger partial charge in [0, 0.05) is 19.1 Å². The lowest BCUT2D eigenvalue weighted by atomic mass is 10.2. The Morgan fingerprint density at radius 2 is 2.33 bits per heavy atom. The van der Waals surface area contributed by atoms with E-state index in [0.29, 0.717) is 18.3 Å². The Kier molecular flexibility index (Phi) is 5.28. The number of aromatic nitrogens is 2. The first-order valence-electron chi connectivity index (χ1n) is 5.37. The maximum absolute atomic E-state index is 5.63. The van der Waals surface area contributed by atoms with Crippen molar-refractivity contribution in [1.82, 2.24) is 10.1 Å². The minimum atomic E-state index is 0.164. The van der Waals surface area contributed by atoms with Gasteiger partial charge in [0.1, 0.15) is 6.61 Å². The van der Waals surface area contributed by atoms with Crippen molar-refractivity contribution in [2.75, 3.05) is 6.61 Å². The summed E-state index contributed by atoms with van der Waals surface area (Å²) in [6.07, 6.45) is 2.59. The summed E-state index contributed by atoms with van der Waals surface area (Å²) in [4.78, 5) is 4.20. The normalized spacial score (nSPS) is 13.0. The number of rotatable bonds is 7. The van der Waals surface area contributed by atoms with Crippen LogP contribution >= 0.6 is 0 Å². The maximum Gasteiger partial charge on any atom is 0.226 e. The van der Waals surface area contributed by atoms with E-state index in [-0.39, 0.29) is 6.04 Å². The number of nitrogens with zero attached hydrogens (tertiary/aromatic N) is 2. The first kappa shape index (κ1) is 12.1. The van der Waals surface area contributed by atoms with E-state index in [1.807, 2.05) is 6.92 Å². The highest BCUT2D eigenvalue weighted by Crippen LogP contribution is 2.03. The Morgan fingerprint density at radius 3 is 3.00 bits per heavy atom. The van der Waals surface area contributed by atoms with Gasteiger partial charge in [-0.15, -0.1) is 0 Å². The van der Waals surface area contributed by atoms with Gasteiger partial charge in [0.2, 0.25) is 5.89 Å². The molecule has 1 rings (SSSR count). The molecule has 5 heteroatoms. The summed E-state index contributed by atoms with van der Waals surface area (Å²) in [7, 11) is 0. The van der Waals surface area contributed by atoms with Crippen molar-refractivity contribution in [3.63, 3.8) is 0 Å². The van der Waals surface area contributed by atoms with Crippen LogP contribution in [-0.4, -0.2) is 22.8 Å². The van der Waals surface area contributed by atoms with Gasteiger partial charge in [-0.25, -0.2) is 0 Å². The summed E-state index contributed by atoms with van der Waals surface area (Å²) in [6.45, 7) is 5.17. The minimum absolute atomic E-state index is 0.164. The van der Waals surface area contributed by atoms with Crippen LogP contribution in [0.4, 0.5) is 0 Å². The highest BCUT2D eigenvalue weighted by atomic mass is 16.5. The third-order valence-corrected chi connectivity index (χ3v) is 1.90. The van der Waals surface area contributed by atoms with Crippen molar-refractivity contribution in [3.8, 4) is 0 Å². The standard InChI is InChI=1S/C10H19N3O2/c1-3-6-14-7-9-12-10(15-13-9)5-4-8(2)11/h8H,3-7,11H2,1-2H3. The second-order valence-electron chi connectivity index (χ2n) is 3.67. The largest absolute Gasteiger partial charge is 0.373 e. The number of hydrogen-bond acceptors (Lipinski definition) is 5. The van der Waals surface area contributed by atoms with Gasteiger partial charge in [0.05, 0.1) is 0 Å². The van der Waals surface area contributed by atoms with Gasteiger partial charge < -0.3 is 15.0 Å². The highest BCUT2D eigenvalue weighted by molar-refractivity contribution is 4.85. The van der Waals surface area contributed by atoms with Crippen LogP contribution in [0.5, 0.6) is 0 Å². The fraction of sp³-hybridized carbons (Fsp3) is 0.800. The molecule has 2 N–H and O–H groups in total. The predicted molar refractivity (Wildman–Crippen MR) is 56.2 cm³/mol. The molecule has 0 saturated heterocycles. The molecule has 1 aromatic rings. The third-order valence-electron chi connectivity index (χ3n) is 1.90. The number of hydrogen-bond donors (Lipinski definition) is 1. The first-order chi connectivity index (χ1) is 7.22. The molecule has 0 aliphatic heterocycles. The second-order valence-corrected chi connectivity index (χ2v) is 3.67. The Morgan fingerprint density at radius 1 is 1.53 bits per heavy atom. The molecule has 1 aromatic heterocycles. The zero-order chi connectivity index (χ0) is 11.1. The Hall–Kier alpha value is -0.940. The van der Waals surface area contributed by atoms with Gasteiger partial charge in [0.25, 0.3) is 0 Å². The number of nitrogens with two attached hydrogens (primary N) is 1. The van der Waals surface area contributed by atoms with Crippen molar-refractivity contribution >= 4 is 0 Å². The van der Waals surface area contributed by atoms with Crippen molar-refractivity contribution < 1.29 is 9.26 Å². The molecule has 5 nitrogen and oxygen atoms in total. The summed E-state index contributed by atoms with van der Waals surface area (Å²) in [6, 6.07) is 0.164. The van der Waals surface area contributed by atoms with Crippen molar-refractivity contribution in [1.29, 1.82) is 0 Å². The van der Waals surface area contributed by atoms with Crippen LogP contribution in [0.2, 0.25) is 0 Å². The molecule has 0 aromatic carbocycles. The summed E-state index contributed by atoms with van der Waals surface area (Å²) in [5.41, 5.74) is 5.63. The van der Waals surface area contributed by atoms with Gasteiger partial charge in [-0.3, -0.25) is 0 Å². The molecule has 0 amide bonds. The van der Waals surface area contributed by atoms with Crippen LogP contribution in [0, 0.1) is 0 Å². The summed E-state index contributed by atoms with van der Waals surface area (Å²) < 4.78 is 10.3. The van der Waals surface area contributed by atoms with E-state index in [2.05, 4.69) is 17.1 Å². The van der Waals surface area contributed by atoms with Crippen LogP contribution in [0.15, 0.2) is 4.52 Å². The molecular weight excluding hydrogens is 194 g/mol. The lowest BCUT2D eigenvalue weighted by molar-refractivity contribution is 0.114. The van der Waals surface area contributed by atoms with E-state index < -0.39 is 0 Å². The van der Waals surface area contributed by atoms with E-state index in [1.54, 1.807) is 0 Å². The van der Waals surface area contributed by atoms with Crippen molar-refractivity contribution in [2.24, 2.45) is 5.73 Å². The molecular formula is C10H19N3O2. The SMILES string of the molecule is CCCOCc1noc(CCC(C)N)n1. The molecule has 0 radical (unpaired) electrons. The smallest absolute Gasteiger partial charge is 0.226 e. The van der Waals surface area contributed by atoms with Crippen LogP contribution in [-0.2, 0) is 17.8 Å². The average molecular weight is 213 g/mol. The molecule has 86 valence electrons. The molecule has 0 aliphatic carbocycles. The van der Waals surface area contributed by atoms with Gasteiger partial charge in [-0.1, -0.05) is 12.1 Å². The van der Waals surface area contributed by atoms with Crippen LogP contribution < -0.4 is 5.73 Å². The fourth-order valence-corrected chi connectivity index (χ4v) is 1.11. The van der Waals surface area contributed by atoms with Crippen molar-refractivity contribution in [3.05, 3.63) is 11.7 Å². The lowest BCUT2D eigenvalue weighted by Crippen LogP contribution is -2.15. The molecule has 0 fully saturated rings. The zero-order valence-electron chi connectivity index (χ0n) is 9.40. The van der Waals surface area contributed by atoms with E-state index in [9.17, 15) is 0 Å². The Balaban J connectivity index is 2.29. The van der Waals surface area contributed by atoms with Gasteiger partial charge >= 0.3 is 0 Å². The molecule has 0 spiro atoms. The van der Waals surface area contributed by atoms with E-state index >= 15 is 0 Å². The van der Waals surface area contributed by atoms with Crippen LogP contribution in [0.1, 0.15) is 38.4 Å². The fourth-order valence-electron chi connectivity index (χ4n) is 1.11. The highest BCUT2D eigenvalue weighted by Gasteiger charge is 2.06. The third kappa shape index (κ3) is 4.90.